The standard InChI is InChI=1S/C13H13N3OS/c1-3-6-15-12(17)11-9(2)16-13(18-11)10-5-4-7-14-8-10/h3-5,7-8H,1,6H2,2H3,(H,15,17). The van der Waals surface area contributed by atoms with Crippen LogP contribution < -0.4 is 5.32 Å². The zero-order valence-electron chi connectivity index (χ0n) is 10.0. The topological polar surface area (TPSA) is 54.9 Å². The molecular weight excluding hydrogens is 246 g/mol. The van der Waals surface area contributed by atoms with Crippen molar-refractivity contribution in [2.45, 2.75) is 6.92 Å². The monoisotopic (exact) mass is 259 g/mol. The van der Waals surface area contributed by atoms with Crippen molar-refractivity contribution in [1.29, 1.82) is 0 Å². The van der Waals surface area contributed by atoms with E-state index < -0.39 is 0 Å². The molecule has 1 amide bonds. The van der Waals surface area contributed by atoms with E-state index in [-0.39, 0.29) is 5.91 Å². The molecule has 0 saturated heterocycles. The number of aryl methyl sites for hydroxylation is 1. The first kappa shape index (κ1) is 12.4. The van der Waals surface area contributed by atoms with Crippen LogP contribution in [0.25, 0.3) is 10.6 Å². The molecule has 0 aromatic carbocycles. The van der Waals surface area contributed by atoms with Gasteiger partial charge in [-0.1, -0.05) is 6.08 Å². The van der Waals surface area contributed by atoms with Crippen LogP contribution in [0.5, 0.6) is 0 Å². The van der Waals surface area contributed by atoms with Crippen molar-refractivity contribution in [3.05, 3.63) is 47.8 Å². The van der Waals surface area contributed by atoms with Crippen molar-refractivity contribution in [3.63, 3.8) is 0 Å². The van der Waals surface area contributed by atoms with Crippen molar-refractivity contribution in [1.82, 2.24) is 15.3 Å². The number of nitrogens with one attached hydrogen (secondary N) is 1. The van der Waals surface area contributed by atoms with E-state index in [0.717, 1.165) is 16.3 Å². The summed E-state index contributed by atoms with van der Waals surface area (Å²) < 4.78 is 0. The number of aromatic nitrogens is 2. The molecule has 0 aliphatic rings. The minimum Gasteiger partial charge on any atom is -0.348 e. The average molecular weight is 259 g/mol. The molecule has 2 aromatic heterocycles. The predicted octanol–water partition coefficient (Wildman–Crippen LogP) is 2.43. The van der Waals surface area contributed by atoms with Crippen molar-refractivity contribution >= 4 is 17.2 Å². The highest BCUT2D eigenvalue weighted by atomic mass is 32.1. The Morgan fingerprint density at radius 3 is 3.11 bits per heavy atom. The highest BCUT2D eigenvalue weighted by Gasteiger charge is 2.15. The second-order valence-corrected chi connectivity index (χ2v) is 4.67. The Morgan fingerprint density at radius 2 is 2.44 bits per heavy atom. The van der Waals surface area contributed by atoms with E-state index in [2.05, 4.69) is 21.9 Å². The van der Waals surface area contributed by atoms with Crippen LogP contribution in [-0.2, 0) is 0 Å². The summed E-state index contributed by atoms with van der Waals surface area (Å²) in [6.07, 6.45) is 5.10. The van der Waals surface area contributed by atoms with Crippen LogP contribution in [0.1, 0.15) is 15.4 Å². The van der Waals surface area contributed by atoms with Gasteiger partial charge in [0.05, 0.1) is 5.69 Å². The second kappa shape index (κ2) is 5.55. The Balaban J connectivity index is 2.27. The van der Waals surface area contributed by atoms with Gasteiger partial charge in [-0.05, 0) is 19.1 Å². The SMILES string of the molecule is C=CCNC(=O)c1sc(-c2cccnc2)nc1C. The van der Waals surface area contributed by atoms with E-state index in [1.54, 1.807) is 18.5 Å². The Bertz CT molecular complexity index is 563. The highest BCUT2D eigenvalue weighted by molar-refractivity contribution is 7.17. The number of hydrogen-bond acceptors (Lipinski definition) is 4. The summed E-state index contributed by atoms with van der Waals surface area (Å²) in [5.41, 5.74) is 1.66. The molecule has 5 heteroatoms. The van der Waals surface area contributed by atoms with Crippen molar-refractivity contribution in [2.75, 3.05) is 6.54 Å². The van der Waals surface area contributed by atoms with Crippen LogP contribution >= 0.6 is 11.3 Å². The number of amides is 1. The Labute approximate surface area is 109 Å². The fourth-order valence-electron chi connectivity index (χ4n) is 1.46. The minimum absolute atomic E-state index is 0.111. The molecule has 0 unspecified atom stereocenters. The minimum atomic E-state index is -0.111. The van der Waals surface area contributed by atoms with Gasteiger partial charge in [-0.3, -0.25) is 9.78 Å². The normalized spacial score (nSPS) is 10.1. The van der Waals surface area contributed by atoms with Gasteiger partial charge >= 0.3 is 0 Å². The molecule has 0 bridgehead atoms. The van der Waals surface area contributed by atoms with E-state index in [1.165, 1.54) is 11.3 Å². The number of thiazole rings is 1. The fraction of sp³-hybridized carbons (Fsp3) is 0.154. The number of rotatable bonds is 4. The Kier molecular flexibility index (Phi) is 3.84. The van der Waals surface area contributed by atoms with E-state index in [1.807, 2.05) is 19.1 Å². The van der Waals surface area contributed by atoms with Gasteiger partial charge in [-0.25, -0.2) is 4.98 Å². The lowest BCUT2D eigenvalue weighted by molar-refractivity contribution is 0.0961. The van der Waals surface area contributed by atoms with E-state index in [4.69, 9.17) is 0 Å². The van der Waals surface area contributed by atoms with E-state index in [0.29, 0.717) is 11.4 Å². The van der Waals surface area contributed by atoms with Gasteiger partial charge in [0.2, 0.25) is 0 Å². The largest absolute Gasteiger partial charge is 0.348 e. The van der Waals surface area contributed by atoms with Crippen LogP contribution in [0.2, 0.25) is 0 Å². The third-order valence-electron chi connectivity index (χ3n) is 2.32. The Morgan fingerprint density at radius 1 is 1.61 bits per heavy atom. The van der Waals surface area contributed by atoms with Crippen molar-refractivity contribution < 1.29 is 4.79 Å². The molecule has 0 radical (unpaired) electrons. The second-order valence-electron chi connectivity index (χ2n) is 3.67. The molecule has 4 nitrogen and oxygen atoms in total. The Hall–Kier alpha value is -2.01. The maximum Gasteiger partial charge on any atom is 0.263 e. The zero-order valence-corrected chi connectivity index (χ0v) is 10.8. The van der Waals surface area contributed by atoms with Crippen LogP contribution in [0.3, 0.4) is 0 Å². The van der Waals surface area contributed by atoms with Crippen molar-refractivity contribution in [3.8, 4) is 10.6 Å². The smallest absolute Gasteiger partial charge is 0.263 e. The lowest BCUT2D eigenvalue weighted by atomic mass is 10.3. The first-order chi connectivity index (χ1) is 8.72. The number of nitrogens with zero attached hydrogens (tertiary/aromatic N) is 2. The summed E-state index contributed by atoms with van der Waals surface area (Å²) >= 11 is 1.37. The van der Waals surface area contributed by atoms with Gasteiger partial charge in [0.15, 0.2) is 0 Å². The molecule has 92 valence electrons. The number of hydrogen-bond donors (Lipinski definition) is 1. The molecule has 0 saturated carbocycles. The molecular formula is C13H13N3OS. The summed E-state index contributed by atoms with van der Waals surface area (Å²) in [7, 11) is 0. The molecule has 0 spiro atoms. The van der Waals surface area contributed by atoms with Gasteiger partial charge in [0, 0.05) is 24.5 Å². The molecule has 0 aliphatic carbocycles. The predicted molar refractivity (Wildman–Crippen MR) is 72.6 cm³/mol. The van der Waals surface area contributed by atoms with Crippen LogP contribution in [0.4, 0.5) is 0 Å². The van der Waals surface area contributed by atoms with Crippen LogP contribution in [0.15, 0.2) is 37.2 Å². The lowest BCUT2D eigenvalue weighted by Gasteiger charge is -1.98. The quantitative estimate of drug-likeness (QED) is 0.858. The number of carbonyl (C=O) groups is 1. The summed E-state index contributed by atoms with van der Waals surface area (Å²) in [5.74, 6) is -0.111. The number of pyridine rings is 1. The summed E-state index contributed by atoms with van der Waals surface area (Å²) in [6.45, 7) is 5.86. The first-order valence-corrected chi connectivity index (χ1v) is 6.31. The number of carbonyl (C=O) groups excluding carboxylic acids is 1. The molecule has 2 rings (SSSR count). The third kappa shape index (κ3) is 2.62. The van der Waals surface area contributed by atoms with Crippen LogP contribution in [-0.4, -0.2) is 22.4 Å². The van der Waals surface area contributed by atoms with Crippen molar-refractivity contribution in [2.24, 2.45) is 0 Å². The van der Waals surface area contributed by atoms with Gasteiger partial charge in [0.1, 0.15) is 9.88 Å². The molecule has 2 aromatic rings. The van der Waals surface area contributed by atoms with Gasteiger partial charge in [-0.2, -0.15) is 0 Å². The highest BCUT2D eigenvalue weighted by Crippen LogP contribution is 2.27. The van der Waals surface area contributed by atoms with Gasteiger partial charge < -0.3 is 5.32 Å². The molecule has 0 fully saturated rings. The summed E-state index contributed by atoms with van der Waals surface area (Å²) in [5, 5.41) is 3.56. The van der Waals surface area contributed by atoms with E-state index >= 15 is 0 Å². The van der Waals surface area contributed by atoms with Gasteiger partial charge in [0.25, 0.3) is 5.91 Å². The zero-order chi connectivity index (χ0) is 13.0. The first-order valence-electron chi connectivity index (χ1n) is 5.49. The molecule has 18 heavy (non-hydrogen) atoms. The molecule has 2 heterocycles. The van der Waals surface area contributed by atoms with E-state index in [9.17, 15) is 4.79 Å². The van der Waals surface area contributed by atoms with Crippen LogP contribution in [0, 0.1) is 6.92 Å². The molecule has 1 N–H and O–H groups in total. The molecule has 0 aliphatic heterocycles. The summed E-state index contributed by atoms with van der Waals surface area (Å²) in [4.78, 5) is 20.9. The fourth-order valence-corrected chi connectivity index (χ4v) is 2.44. The average Bonchev–Trinajstić information content (AvgIpc) is 2.79. The maximum absolute atomic E-state index is 11.9. The third-order valence-corrected chi connectivity index (χ3v) is 3.52. The lowest BCUT2D eigenvalue weighted by Crippen LogP contribution is -2.22. The molecule has 0 atom stereocenters. The maximum atomic E-state index is 11.9. The van der Waals surface area contributed by atoms with Gasteiger partial charge in [-0.15, -0.1) is 17.9 Å². The summed E-state index contributed by atoms with van der Waals surface area (Å²) in [6, 6.07) is 3.78.